The van der Waals surface area contributed by atoms with Crippen LogP contribution in [0.25, 0.3) is 33.4 Å². The van der Waals surface area contributed by atoms with E-state index < -0.39 is 5.41 Å². The Kier molecular flexibility index (Phi) is 11.8. The van der Waals surface area contributed by atoms with Crippen molar-refractivity contribution in [1.29, 1.82) is 0 Å². The molecule has 14 rings (SSSR count). The minimum Gasteiger partial charge on any atom is -0.310 e. The van der Waals surface area contributed by atoms with Gasteiger partial charge in [-0.15, -0.1) is 0 Å². The lowest BCUT2D eigenvalue weighted by atomic mass is 9.67. The second-order valence-electron chi connectivity index (χ2n) is 21.3. The third-order valence-corrected chi connectivity index (χ3v) is 16.5. The standard InChI is InChI=1S/C76H57N3/c1-75(2)71-43-20-18-42-68(71)70-50-55(45-48-72(70)75)54-25-22-36-61(49-54)78(60-34-16-7-17-35-60)63-38-24-40-65(52-63)79(64-39-23-37-62(51-64)77(58-30-12-5-13-31-58)59-32-14-6-15-33-59)66-46-47-69-67-41-19-21-44-73(67)76(74(69)53-66,56-26-8-3-9-27-56)57-28-10-4-11-29-57/h3-53H,1-2H3. The van der Waals surface area contributed by atoms with Crippen molar-refractivity contribution in [3.05, 3.63) is 343 Å². The van der Waals surface area contributed by atoms with E-state index in [9.17, 15) is 0 Å². The zero-order valence-corrected chi connectivity index (χ0v) is 44.3. The van der Waals surface area contributed by atoms with Crippen LogP contribution in [0.4, 0.5) is 51.2 Å². The topological polar surface area (TPSA) is 9.72 Å². The van der Waals surface area contributed by atoms with Crippen LogP contribution in [-0.2, 0) is 10.8 Å². The average Bonchev–Trinajstić information content (AvgIpc) is 3.98. The summed E-state index contributed by atoms with van der Waals surface area (Å²) >= 11 is 0. The SMILES string of the molecule is CC1(C)c2ccccc2-c2cc(-c3cccc(N(c4ccccc4)c4cccc(N(c5cccc(N(c6ccccc6)c6ccccc6)c5)c5ccc6c(c5)C(c5ccccc5)(c5ccccc5)c5ccccc5-6)c4)c3)ccc21. The van der Waals surface area contributed by atoms with Crippen molar-refractivity contribution in [3.63, 3.8) is 0 Å². The zero-order chi connectivity index (χ0) is 52.9. The second-order valence-corrected chi connectivity index (χ2v) is 21.3. The average molecular weight is 1010 g/mol. The van der Waals surface area contributed by atoms with E-state index in [2.05, 4.69) is 338 Å². The predicted molar refractivity (Wildman–Crippen MR) is 331 cm³/mol. The molecule has 79 heavy (non-hydrogen) atoms. The summed E-state index contributed by atoms with van der Waals surface area (Å²) in [4.78, 5) is 7.20. The highest BCUT2D eigenvalue weighted by molar-refractivity contribution is 5.92. The van der Waals surface area contributed by atoms with Crippen LogP contribution in [0.15, 0.2) is 309 Å². The number of hydrogen-bond acceptors (Lipinski definition) is 3. The third kappa shape index (κ3) is 8.05. The number of benzene rings is 12. The summed E-state index contributed by atoms with van der Waals surface area (Å²) in [6.45, 7) is 4.69. The van der Waals surface area contributed by atoms with Crippen molar-refractivity contribution in [1.82, 2.24) is 0 Å². The quantitative estimate of drug-likeness (QED) is 0.121. The van der Waals surface area contributed by atoms with Crippen LogP contribution in [0.3, 0.4) is 0 Å². The number of anilines is 9. The van der Waals surface area contributed by atoms with Gasteiger partial charge in [0.2, 0.25) is 0 Å². The summed E-state index contributed by atoms with van der Waals surface area (Å²) in [5, 5.41) is 0. The molecule has 0 aliphatic heterocycles. The number of para-hydroxylation sites is 3. The highest BCUT2D eigenvalue weighted by Gasteiger charge is 2.46. The minimum atomic E-state index is -0.579. The molecule has 2 aliphatic rings. The Morgan fingerprint density at radius 3 is 1.10 bits per heavy atom. The van der Waals surface area contributed by atoms with Gasteiger partial charge in [-0.1, -0.05) is 220 Å². The molecule has 12 aromatic rings. The maximum atomic E-state index is 2.47. The molecule has 0 aromatic heterocycles. The van der Waals surface area contributed by atoms with Crippen LogP contribution in [-0.4, -0.2) is 0 Å². The normalized spacial score (nSPS) is 13.1. The van der Waals surface area contributed by atoms with E-state index in [1.165, 1.54) is 66.8 Å². The van der Waals surface area contributed by atoms with Crippen LogP contribution in [0.2, 0.25) is 0 Å². The molecular weight excluding hydrogens is 955 g/mol. The number of nitrogens with zero attached hydrogens (tertiary/aromatic N) is 3. The fourth-order valence-corrected chi connectivity index (χ4v) is 12.9. The van der Waals surface area contributed by atoms with E-state index in [1.807, 2.05) is 0 Å². The van der Waals surface area contributed by atoms with Crippen molar-refractivity contribution < 1.29 is 0 Å². The lowest BCUT2D eigenvalue weighted by Crippen LogP contribution is -2.28. The summed E-state index contributed by atoms with van der Waals surface area (Å²) < 4.78 is 0. The summed E-state index contributed by atoms with van der Waals surface area (Å²) in [6, 6.07) is 114. The van der Waals surface area contributed by atoms with Gasteiger partial charge in [0.05, 0.1) is 5.41 Å². The first kappa shape index (κ1) is 47.5. The maximum absolute atomic E-state index is 2.47. The van der Waals surface area contributed by atoms with Crippen molar-refractivity contribution in [2.75, 3.05) is 14.7 Å². The fraction of sp³-hybridized carbons (Fsp3) is 0.0526. The van der Waals surface area contributed by atoms with Crippen molar-refractivity contribution >= 4 is 51.2 Å². The molecule has 0 saturated carbocycles. The lowest BCUT2D eigenvalue weighted by Gasteiger charge is -2.35. The molecule has 0 bridgehead atoms. The van der Waals surface area contributed by atoms with Gasteiger partial charge in [0.15, 0.2) is 0 Å². The van der Waals surface area contributed by atoms with E-state index >= 15 is 0 Å². The monoisotopic (exact) mass is 1010 g/mol. The number of fused-ring (bicyclic) bond motifs is 6. The molecule has 0 atom stereocenters. The van der Waals surface area contributed by atoms with Gasteiger partial charge in [0, 0.05) is 56.6 Å². The fourth-order valence-electron chi connectivity index (χ4n) is 12.9. The first-order chi connectivity index (χ1) is 38.9. The Morgan fingerprint density at radius 2 is 0.570 bits per heavy atom. The van der Waals surface area contributed by atoms with E-state index in [0.29, 0.717) is 0 Å². The predicted octanol–water partition coefficient (Wildman–Crippen LogP) is 20.4. The molecule has 3 nitrogen and oxygen atoms in total. The zero-order valence-electron chi connectivity index (χ0n) is 44.3. The van der Waals surface area contributed by atoms with Crippen molar-refractivity contribution in [2.24, 2.45) is 0 Å². The first-order valence-electron chi connectivity index (χ1n) is 27.4. The van der Waals surface area contributed by atoms with Gasteiger partial charge >= 0.3 is 0 Å². The second kappa shape index (κ2) is 19.6. The Labute approximate surface area is 464 Å². The molecule has 0 radical (unpaired) electrons. The molecule has 0 heterocycles. The third-order valence-electron chi connectivity index (χ3n) is 16.5. The van der Waals surface area contributed by atoms with Gasteiger partial charge in [0.25, 0.3) is 0 Å². The van der Waals surface area contributed by atoms with Gasteiger partial charge in [0.1, 0.15) is 0 Å². The van der Waals surface area contributed by atoms with Gasteiger partial charge in [-0.05, 0) is 170 Å². The molecule has 12 aromatic carbocycles. The number of rotatable bonds is 12. The highest BCUT2D eigenvalue weighted by atomic mass is 15.2. The van der Waals surface area contributed by atoms with Gasteiger partial charge in [-0.2, -0.15) is 0 Å². The Morgan fingerprint density at radius 1 is 0.215 bits per heavy atom. The van der Waals surface area contributed by atoms with Crippen LogP contribution in [0, 0.1) is 0 Å². The smallest absolute Gasteiger partial charge is 0.0714 e. The van der Waals surface area contributed by atoms with Crippen LogP contribution in [0.1, 0.15) is 47.2 Å². The molecule has 0 fully saturated rings. The summed E-state index contributed by atoms with van der Waals surface area (Å²) in [6.07, 6.45) is 0. The molecular formula is C76H57N3. The summed E-state index contributed by atoms with van der Waals surface area (Å²) in [7, 11) is 0. The summed E-state index contributed by atoms with van der Waals surface area (Å²) in [5.74, 6) is 0. The largest absolute Gasteiger partial charge is 0.310 e. The number of hydrogen-bond donors (Lipinski definition) is 0. The Hall–Kier alpha value is -9.96. The van der Waals surface area contributed by atoms with Gasteiger partial charge in [-0.25, -0.2) is 0 Å². The maximum Gasteiger partial charge on any atom is 0.0714 e. The van der Waals surface area contributed by atoms with Crippen LogP contribution >= 0.6 is 0 Å². The summed E-state index contributed by atoms with van der Waals surface area (Å²) in [5.41, 5.74) is 24.1. The van der Waals surface area contributed by atoms with E-state index in [1.54, 1.807) is 0 Å². The molecule has 0 unspecified atom stereocenters. The van der Waals surface area contributed by atoms with E-state index in [-0.39, 0.29) is 5.41 Å². The molecule has 2 aliphatic carbocycles. The van der Waals surface area contributed by atoms with Gasteiger partial charge < -0.3 is 14.7 Å². The molecule has 0 spiro atoms. The highest BCUT2D eigenvalue weighted by Crippen LogP contribution is 2.58. The Bertz CT molecular complexity index is 4090. The van der Waals surface area contributed by atoms with Crippen LogP contribution in [0.5, 0.6) is 0 Å². The first-order valence-corrected chi connectivity index (χ1v) is 27.4. The molecule has 0 N–H and O–H groups in total. The van der Waals surface area contributed by atoms with Crippen molar-refractivity contribution in [2.45, 2.75) is 24.7 Å². The Balaban J connectivity index is 0.960. The van der Waals surface area contributed by atoms with Crippen molar-refractivity contribution in [3.8, 4) is 33.4 Å². The lowest BCUT2D eigenvalue weighted by molar-refractivity contribution is 0.660. The molecule has 0 saturated heterocycles. The molecule has 0 amide bonds. The van der Waals surface area contributed by atoms with E-state index in [0.717, 1.165) is 51.2 Å². The minimum absolute atomic E-state index is 0.0580. The van der Waals surface area contributed by atoms with E-state index in [4.69, 9.17) is 0 Å². The molecule has 3 heteroatoms. The van der Waals surface area contributed by atoms with Crippen LogP contribution < -0.4 is 14.7 Å². The van der Waals surface area contributed by atoms with Gasteiger partial charge in [-0.3, -0.25) is 0 Å². The molecule has 376 valence electrons.